The molecule has 2 N–H and O–H groups in total. The number of halogens is 2. The predicted molar refractivity (Wildman–Crippen MR) is 85.3 cm³/mol. The first kappa shape index (κ1) is 17.1. The van der Waals surface area contributed by atoms with Crippen LogP contribution in [-0.4, -0.2) is 21.6 Å². The van der Waals surface area contributed by atoms with Gasteiger partial charge in [-0.15, -0.1) is 17.5 Å². The number of carbonyl (C=O) groups is 2. The molecule has 0 radical (unpaired) electrons. The fourth-order valence-corrected chi connectivity index (χ4v) is 2.40. The van der Waals surface area contributed by atoms with Crippen LogP contribution in [-0.2, 0) is 13.1 Å². The molecular formula is C15H16ClFN4O2. The molecule has 2 heterocycles. The highest BCUT2D eigenvalue weighted by Crippen LogP contribution is 2.24. The molecule has 1 aromatic heterocycles. The summed E-state index contributed by atoms with van der Waals surface area (Å²) >= 11 is 0. The molecule has 1 amide bonds. The van der Waals surface area contributed by atoms with Crippen LogP contribution in [0.15, 0.2) is 24.3 Å². The zero-order valence-electron chi connectivity index (χ0n) is 12.4. The van der Waals surface area contributed by atoms with E-state index in [4.69, 9.17) is 0 Å². The number of rotatable bonds is 3. The summed E-state index contributed by atoms with van der Waals surface area (Å²) in [5, 5.41) is 10.0. The molecule has 0 unspecified atom stereocenters. The van der Waals surface area contributed by atoms with Gasteiger partial charge in [0.25, 0.3) is 5.91 Å². The van der Waals surface area contributed by atoms with Crippen LogP contribution in [0, 0.1) is 5.82 Å². The zero-order chi connectivity index (χ0) is 15.7. The highest BCUT2D eigenvalue weighted by atomic mass is 35.5. The molecular weight excluding hydrogens is 323 g/mol. The van der Waals surface area contributed by atoms with Gasteiger partial charge in [-0.2, -0.15) is 0 Å². The molecule has 3 rings (SSSR count). The number of hydrogen-bond acceptors (Lipinski definition) is 4. The lowest BCUT2D eigenvalue weighted by molar-refractivity contribution is 0.0888. The van der Waals surface area contributed by atoms with Gasteiger partial charge in [0.05, 0.1) is 5.69 Å². The second-order valence-corrected chi connectivity index (χ2v) is 5.00. The van der Waals surface area contributed by atoms with E-state index in [1.54, 1.807) is 6.92 Å². The summed E-state index contributed by atoms with van der Waals surface area (Å²) in [6, 6.07) is 5.24. The summed E-state index contributed by atoms with van der Waals surface area (Å²) in [6.45, 7) is 2.85. The lowest BCUT2D eigenvalue weighted by Crippen LogP contribution is -2.18. The molecule has 0 atom stereocenters. The third-order valence-electron chi connectivity index (χ3n) is 3.56. The van der Waals surface area contributed by atoms with Crippen molar-refractivity contribution in [2.45, 2.75) is 26.4 Å². The summed E-state index contributed by atoms with van der Waals surface area (Å²) in [5.41, 5.74) is 1.93. The fourth-order valence-electron chi connectivity index (χ4n) is 2.40. The van der Waals surface area contributed by atoms with Gasteiger partial charge < -0.3 is 10.6 Å². The molecule has 6 nitrogen and oxygen atoms in total. The molecule has 0 saturated heterocycles. The van der Waals surface area contributed by atoms with Gasteiger partial charge in [-0.3, -0.25) is 9.59 Å². The first-order chi connectivity index (χ1) is 10.6. The van der Waals surface area contributed by atoms with E-state index in [0.717, 1.165) is 11.3 Å². The molecule has 1 aliphatic heterocycles. The number of amides is 1. The highest BCUT2D eigenvalue weighted by molar-refractivity contribution is 6.04. The minimum Gasteiger partial charge on any atom is -0.307 e. The van der Waals surface area contributed by atoms with Crippen LogP contribution in [0.2, 0.25) is 0 Å². The minimum atomic E-state index is -0.403. The number of hydrogen-bond donors (Lipinski definition) is 2. The Labute approximate surface area is 138 Å². The number of fused-ring (bicyclic) bond motifs is 1. The maximum atomic E-state index is 12.9. The van der Waals surface area contributed by atoms with Gasteiger partial charge >= 0.3 is 0 Å². The summed E-state index contributed by atoms with van der Waals surface area (Å²) in [7, 11) is 0. The average molecular weight is 339 g/mol. The van der Waals surface area contributed by atoms with Crippen LogP contribution < -0.4 is 10.6 Å². The van der Waals surface area contributed by atoms with Gasteiger partial charge in [-0.1, -0.05) is 6.92 Å². The van der Waals surface area contributed by atoms with E-state index >= 15 is 0 Å². The minimum absolute atomic E-state index is 0. The second-order valence-electron chi connectivity index (χ2n) is 5.00. The molecule has 0 aliphatic carbocycles. The topological polar surface area (TPSA) is 76.0 Å². The third kappa shape index (κ3) is 3.25. The van der Waals surface area contributed by atoms with E-state index in [1.165, 1.54) is 28.9 Å². The van der Waals surface area contributed by atoms with Gasteiger partial charge in [-0.05, 0) is 24.3 Å². The molecule has 0 saturated carbocycles. The van der Waals surface area contributed by atoms with Crippen molar-refractivity contribution in [1.82, 2.24) is 15.1 Å². The molecule has 1 aliphatic rings. The first-order valence-electron chi connectivity index (χ1n) is 7.01. The Morgan fingerprint density at radius 2 is 2.00 bits per heavy atom. The monoisotopic (exact) mass is 338 g/mol. The zero-order valence-corrected chi connectivity index (χ0v) is 13.2. The SMILES string of the molecule is CCC(=O)n1nc(NC(=O)c2ccc(F)cc2)c2c1CNC2.Cl. The van der Waals surface area contributed by atoms with E-state index in [1.807, 2.05) is 0 Å². The fraction of sp³-hybridized carbons (Fsp3) is 0.267. The van der Waals surface area contributed by atoms with Gasteiger partial charge in [0.1, 0.15) is 5.82 Å². The Morgan fingerprint density at radius 3 is 2.65 bits per heavy atom. The summed E-state index contributed by atoms with van der Waals surface area (Å²) in [5.74, 6) is -0.541. The van der Waals surface area contributed by atoms with Crippen molar-refractivity contribution in [2.75, 3.05) is 5.32 Å². The molecule has 122 valence electrons. The molecule has 2 aromatic rings. The Morgan fingerprint density at radius 1 is 1.30 bits per heavy atom. The largest absolute Gasteiger partial charge is 0.307 e. The maximum Gasteiger partial charge on any atom is 0.256 e. The molecule has 0 spiro atoms. The molecule has 1 aromatic carbocycles. The van der Waals surface area contributed by atoms with Crippen molar-refractivity contribution in [2.24, 2.45) is 0 Å². The number of carbonyl (C=O) groups excluding carboxylic acids is 2. The molecule has 8 heteroatoms. The van der Waals surface area contributed by atoms with Gasteiger partial charge in [-0.25, -0.2) is 9.07 Å². The van der Waals surface area contributed by atoms with Crippen molar-refractivity contribution in [3.8, 4) is 0 Å². The summed E-state index contributed by atoms with van der Waals surface area (Å²) < 4.78 is 14.2. The summed E-state index contributed by atoms with van der Waals surface area (Å²) in [6.07, 6.45) is 0.333. The number of aromatic nitrogens is 2. The van der Waals surface area contributed by atoms with Crippen molar-refractivity contribution in [3.05, 3.63) is 46.9 Å². The van der Waals surface area contributed by atoms with Crippen LogP contribution in [0.4, 0.5) is 10.2 Å². The normalized spacial score (nSPS) is 12.4. The number of nitrogens with zero attached hydrogens (tertiary/aromatic N) is 2. The number of benzene rings is 1. The Bertz CT molecular complexity index is 743. The van der Waals surface area contributed by atoms with Crippen molar-refractivity contribution >= 4 is 30.0 Å². The smallest absolute Gasteiger partial charge is 0.256 e. The van der Waals surface area contributed by atoms with Crippen LogP contribution in [0.3, 0.4) is 0 Å². The molecule has 23 heavy (non-hydrogen) atoms. The van der Waals surface area contributed by atoms with E-state index in [2.05, 4.69) is 15.7 Å². The quantitative estimate of drug-likeness (QED) is 0.900. The Kier molecular flexibility index (Phi) is 5.12. The number of nitrogens with one attached hydrogen (secondary N) is 2. The van der Waals surface area contributed by atoms with Crippen molar-refractivity contribution in [1.29, 1.82) is 0 Å². The van der Waals surface area contributed by atoms with E-state index in [9.17, 15) is 14.0 Å². The van der Waals surface area contributed by atoms with Gasteiger partial charge in [0.2, 0.25) is 5.91 Å². The van der Waals surface area contributed by atoms with E-state index in [-0.39, 0.29) is 24.2 Å². The van der Waals surface area contributed by atoms with Crippen LogP contribution in [0.1, 0.15) is 39.8 Å². The van der Waals surface area contributed by atoms with Crippen LogP contribution in [0.25, 0.3) is 0 Å². The first-order valence-corrected chi connectivity index (χ1v) is 7.01. The molecule has 0 fully saturated rings. The second kappa shape index (κ2) is 6.89. The average Bonchev–Trinajstić information content (AvgIpc) is 3.11. The number of anilines is 1. The molecule has 0 bridgehead atoms. The maximum absolute atomic E-state index is 12.9. The van der Waals surface area contributed by atoms with Crippen LogP contribution in [0.5, 0.6) is 0 Å². The lowest BCUT2D eigenvalue weighted by atomic mass is 10.2. The predicted octanol–water partition coefficient (Wildman–Crippen LogP) is 2.35. The van der Waals surface area contributed by atoms with Crippen LogP contribution >= 0.6 is 12.4 Å². The highest BCUT2D eigenvalue weighted by Gasteiger charge is 2.25. The van der Waals surface area contributed by atoms with Gasteiger partial charge in [0.15, 0.2) is 5.82 Å². The Balaban J connectivity index is 0.00000192. The van der Waals surface area contributed by atoms with Crippen molar-refractivity contribution < 1.29 is 14.0 Å². The lowest BCUT2D eigenvalue weighted by Gasteiger charge is -2.04. The van der Waals surface area contributed by atoms with E-state index < -0.39 is 5.82 Å². The van der Waals surface area contributed by atoms with E-state index in [0.29, 0.717) is 30.9 Å². The van der Waals surface area contributed by atoms with Crippen molar-refractivity contribution in [3.63, 3.8) is 0 Å². The third-order valence-corrected chi connectivity index (χ3v) is 3.56. The summed E-state index contributed by atoms with van der Waals surface area (Å²) in [4.78, 5) is 24.1. The Hall–Kier alpha value is -2.25. The van der Waals surface area contributed by atoms with Gasteiger partial charge in [0, 0.05) is 30.6 Å². The standard InChI is InChI=1S/C15H15FN4O2.ClH/c1-2-13(21)20-12-8-17-7-11(12)14(19-20)18-15(22)9-3-5-10(16)6-4-9;/h3-6,17H,2,7-8H2,1H3,(H,18,19,22);1H.